The van der Waals surface area contributed by atoms with Crippen LogP contribution in [0, 0.1) is 6.57 Å². The molecule has 0 radical (unpaired) electrons. The van der Waals surface area contributed by atoms with Gasteiger partial charge in [-0.15, -0.1) is 0 Å². The van der Waals surface area contributed by atoms with Gasteiger partial charge in [-0.1, -0.05) is 12.1 Å². The SMILES string of the molecule is [C-]#[N+]CCOc1ccc(C2(O)CCCC2NS(=O)(=O)C(C)C)cc1. The van der Waals surface area contributed by atoms with Crippen LogP contribution < -0.4 is 9.46 Å². The van der Waals surface area contributed by atoms with E-state index in [4.69, 9.17) is 11.3 Å². The number of hydrogen-bond acceptors (Lipinski definition) is 4. The van der Waals surface area contributed by atoms with Gasteiger partial charge >= 0.3 is 0 Å². The van der Waals surface area contributed by atoms with Crippen LogP contribution in [-0.2, 0) is 15.6 Å². The van der Waals surface area contributed by atoms with E-state index in [-0.39, 0.29) is 0 Å². The fraction of sp³-hybridized carbons (Fsp3) is 0.588. The minimum Gasteiger partial charge on any atom is -0.486 e. The molecule has 1 aliphatic carbocycles. The van der Waals surface area contributed by atoms with E-state index in [1.165, 1.54) is 0 Å². The number of rotatable bonds is 7. The molecule has 7 heteroatoms. The number of nitrogens with one attached hydrogen (secondary N) is 1. The monoisotopic (exact) mass is 352 g/mol. The lowest BCUT2D eigenvalue weighted by atomic mass is 9.89. The zero-order chi connectivity index (χ0) is 17.8. The number of nitrogens with zero attached hydrogens (tertiary/aromatic N) is 1. The molecule has 132 valence electrons. The summed E-state index contributed by atoms with van der Waals surface area (Å²) in [4.78, 5) is 3.22. The molecule has 0 saturated heterocycles. The van der Waals surface area contributed by atoms with Gasteiger partial charge in [0.1, 0.15) is 11.4 Å². The Balaban J connectivity index is 2.15. The topological polar surface area (TPSA) is 80.0 Å². The van der Waals surface area contributed by atoms with Crippen LogP contribution in [0.4, 0.5) is 0 Å². The zero-order valence-electron chi connectivity index (χ0n) is 14.0. The van der Waals surface area contributed by atoms with Gasteiger partial charge in [-0.2, -0.15) is 0 Å². The Morgan fingerprint density at radius 1 is 1.42 bits per heavy atom. The first-order valence-corrected chi connectivity index (χ1v) is 9.64. The summed E-state index contributed by atoms with van der Waals surface area (Å²) in [5.74, 6) is 0.628. The van der Waals surface area contributed by atoms with Crippen LogP contribution in [0.1, 0.15) is 38.7 Å². The molecule has 0 spiro atoms. The minimum absolute atomic E-state index is 0.296. The lowest BCUT2D eigenvalue weighted by Gasteiger charge is -2.31. The summed E-state index contributed by atoms with van der Waals surface area (Å²) >= 11 is 0. The highest BCUT2D eigenvalue weighted by atomic mass is 32.2. The van der Waals surface area contributed by atoms with E-state index in [0.29, 0.717) is 37.3 Å². The number of aliphatic hydroxyl groups is 1. The highest BCUT2D eigenvalue weighted by Gasteiger charge is 2.44. The lowest BCUT2D eigenvalue weighted by Crippen LogP contribution is -2.48. The van der Waals surface area contributed by atoms with Crippen molar-refractivity contribution in [3.05, 3.63) is 41.2 Å². The van der Waals surface area contributed by atoms with Crippen molar-refractivity contribution < 1.29 is 18.3 Å². The van der Waals surface area contributed by atoms with Crippen LogP contribution >= 0.6 is 0 Å². The zero-order valence-corrected chi connectivity index (χ0v) is 14.8. The van der Waals surface area contributed by atoms with Gasteiger partial charge in [-0.25, -0.2) is 19.7 Å². The van der Waals surface area contributed by atoms with Gasteiger partial charge in [0.05, 0.1) is 11.3 Å². The summed E-state index contributed by atoms with van der Waals surface area (Å²) in [6.07, 6.45) is 1.87. The van der Waals surface area contributed by atoms with E-state index in [1.807, 2.05) is 0 Å². The van der Waals surface area contributed by atoms with E-state index < -0.39 is 26.9 Å². The molecule has 2 N–H and O–H groups in total. The molecular formula is C17H24N2O4S. The number of benzene rings is 1. The van der Waals surface area contributed by atoms with Crippen LogP contribution in [0.3, 0.4) is 0 Å². The van der Waals surface area contributed by atoms with E-state index in [0.717, 1.165) is 6.42 Å². The first-order chi connectivity index (χ1) is 11.3. The van der Waals surface area contributed by atoms with Crippen molar-refractivity contribution in [2.24, 2.45) is 0 Å². The maximum absolute atomic E-state index is 12.1. The Labute approximate surface area is 143 Å². The Morgan fingerprint density at radius 2 is 2.08 bits per heavy atom. The largest absolute Gasteiger partial charge is 0.486 e. The molecule has 2 atom stereocenters. The second-order valence-corrected chi connectivity index (χ2v) is 8.60. The predicted octanol–water partition coefficient (Wildman–Crippen LogP) is 2.05. The normalized spacial score (nSPS) is 24.0. The minimum atomic E-state index is -3.45. The van der Waals surface area contributed by atoms with Gasteiger partial charge in [0.2, 0.25) is 16.6 Å². The van der Waals surface area contributed by atoms with Crippen molar-refractivity contribution in [1.29, 1.82) is 0 Å². The fourth-order valence-corrected chi connectivity index (χ4v) is 3.86. The van der Waals surface area contributed by atoms with Crippen molar-refractivity contribution in [3.63, 3.8) is 0 Å². The molecule has 0 aliphatic heterocycles. The van der Waals surface area contributed by atoms with E-state index in [1.54, 1.807) is 38.1 Å². The third kappa shape index (κ3) is 4.07. The molecule has 1 aliphatic rings. The Hall–Kier alpha value is -1.62. The van der Waals surface area contributed by atoms with E-state index >= 15 is 0 Å². The number of hydrogen-bond donors (Lipinski definition) is 2. The number of sulfonamides is 1. The first kappa shape index (κ1) is 18.7. The molecule has 2 rings (SSSR count). The molecule has 1 aromatic carbocycles. The van der Waals surface area contributed by atoms with Gasteiger partial charge < -0.3 is 14.7 Å². The lowest BCUT2D eigenvalue weighted by molar-refractivity contribution is 0.0230. The molecule has 24 heavy (non-hydrogen) atoms. The summed E-state index contributed by atoms with van der Waals surface area (Å²) in [6.45, 7) is 10.6. The second-order valence-electron chi connectivity index (χ2n) is 6.34. The quantitative estimate of drug-likeness (QED) is 0.581. The maximum atomic E-state index is 12.1. The summed E-state index contributed by atoms with van der Waals surface area (Å²) in [5, 5.41) is 10.5. The van der Waals surface area contributed by atoms with E-state index in [9.17, 15) is 13.5 Å². The molecular weight excluding hydrogens is 328 g/mol. The Bertz CT molecular complexity index is 694. The second kappa shape index (κ2) is 7.51. The summed E-state index contributed by atoms with van der Waals surface area (Å²) in [6, 6.07) is 6.47. The molecule has 0 heterocycles. The molecule has 6 nitrogen and oxygen atoms in total. The Kier molecular flexibility index (Phi) is 5.86. The number of ether oxygens (including phenoxy) is 1. The van der Waals surface area contributed by atoms with Gasteiger partial charge in [0.15, 0.2) is 6.61 Å². The van der Waals surface area contributed by atoms with Crippen molar-refractivity contribution in [1.82, 2.24) is 4.72 Å². The summed E-state index contributed by atoms with van der Waals surface area (Å²) < 4.78 is 32.4. The van der Waals surface area contributed by atoms with Crippen LogP contribution in [0.5, 0.6) is 5.75 Å². The van der Waals surface area contributed by atoms with Gasteiger partial charge in [0.25, 0.3) is 0 Å². The van der Waals surface area contributed by atoms with Crippen LogP contribution in [0.2, 0.25) is 0 Å². The molecule has 0 aromatic heterocycles. The molecule has 1 saturated carbocycles. The molecule has 1 fully saturated rings. The van der Waals surface area contributed by atoms with Gasteiger partial charge in [0, 0.05) is 0 Å². The average Bonchev–Trinajstić information content (AvgIpc) is 2.89. The van der Waals surface area contributed by atoms with Crippen molar-refractivity contribution >= 4 is 10.0 Å². The van der Waals surface area contributed by atoms with Crippen molar-refractivity contribution in [3.8, 4) is 5.75 Å². The van der Waals surface area contributed by atoms with Crippen LogP contribution in [0.15, 0.2) is 24.3 Å². The van der Waals surface area contributed by atoms with Crippen LogP contribution in [-0.4, -0.2) is 38.0 Å². The first-order valence-electron chi connectivity index (χ1n) is 8.09. The Morgan fingerprint density at radius 3 is 2.67 bits per heavy atom. The van der Waals surface area contributed by atoms with Gasteiger partial charge in [-0.05, 0) is 50.8 Å². The predicted molar refractivity (Wildman–Crippen MR) is 92.1 cm³/mol. The van der Waals surface area contributed by atoms with Crippen molar-refractivity contribution in [2.45, 2.75) is 50.0 Å². The molecule has 0 bridgehead atoms. The standard InChI is InChI=1S/C17H24N2O4S/c1-13(2)24(21,22)19-16-5-4-10-17(16,20)14-6-8-15(9-7-14)23-12-11-18-3/h6-9,13,16,19-20H,4-5,10-12H2,1-2H3. The third-order valence-corrected chi connectivity index (χ3v) is 6.23. The maximum Gasteiger partial charge on any atom is 0.248 e. The highest BCUT2D eigenvalue weighted by Crippen LogP contribution is 2.40. The van der Waals surface area contributed by atoms with E-state index in [2.05, 4.69) is 9.57 Å². The summed E-state index contributed by atoms with van der Waals surface area (Å²) in [5.41, 5.74) is -0.536. The summed E-state index contributed by atoms with van der Waals surface area (Å²) in [7, 11) is -3.45. The average molecular weight is 352 g/mol. The van der Waals surface area contributed by atoms with Crippen molar-refractivity contribution in [2.75, 3.05) is 13.2 Å². The molecule has 0 amide bonds. The molecule has 1 aromatic rings. The molecule has 2 unspecified atom stereocenters. The smallest absolute Gasteiger partial charge is 0.248 e. The fourth-order valence-electron chi connectivity index (χ4n) is 2.87. The van der Waals surface area contributed by atoms with Gasteiger partial charge in [-0.3, -0.25) is 0 Å². The van der Waals surface area contributed by atoms with Crippen LogP contribution in [0.25, 0.3) is 4.85 Å². The highest BCUT2D eigenvalue weighted by molar-refractivity contribution is 7.90. The third-order valence-electron chi connectivity index (χ3n) is 4.38.